The average molecular weight is 391 g/mol. The predicted molar refractivity (Wildman–Crippen MR) is 100.0 cm³/mol. The van der Waals surface area contributed by atoms with Crippen LogP contribution < -0.4 is 0 Å². The molecule has 0 bridgehead atoms. The van der Waals surface area contributed by atoms with Crippen LogP contribution in [0.5, 0.6) is 0 Å². The van der Waals surface area contributed by atoms with Gasteiger partial charge >= 0.3 is 0 Å². The molecule has 0 aliphatic rings. The van der Waals surface area contributed by atoms with Gasteiger partial charge in [0.25, 0.3) is 0 Å². The fourth-order valence-corrected chi connectivity index (χ4v) is 0. The molecule has 0 saturated carbocycles. The third-order valence-corrected chi connectivity index (χ3v) is 0. The summed E-state index contributed by atoms with van der Waals surface area (Å²) in [4.78, 5) is 0. The van der Waals surface area contributed by atoms with Crippen molar-refractivity contribution in [2.45, 2.75) is 0 Å². The molecule has 0 aromatic heterocycles. The monoisotopic (exact) mass is 390 g/mol. The lowest BCUT2D eigenvalue weighted by molar-refractivity contribution is 0.605. The molecule has 0 aliphatic carbocycles. The zero-order valence-electron chi connectivity index (χ0n) is 14.1. The molecule has 0 atom stereocenters. The molecule has 0 radical (unpaired) electrons. The molecular weight excluding hydrogens is 360 g/mol. The smallest absolute Gasteiger partial charge is 0.0946 e. The Morgan fingerprint density at radius 2 is 0.300 bits per heavy atom. The van der Waals surface area contributed by atoms with E-state index in [2.05, 4.69) is 0 Å². The SMILES string of the molecule is C[S+](C)[O-].C[S+](C)[O-].C[S+](C)[O-].C[S+](C)[O-].C[S+](C)[O-]. The molecule has 0 aromatic carbocycles. The van der Waals surface area contributed by atoms with Gasteiger partial charge in [-0.05, 0) is 0 Å². The molecule has 20 heavy (non-hydrogen) atoms. The lowest BCUT2D eigenvalue weighted by Crippen LogP contribution is -1.86. The summed E-state index contributed by atoms with van der Waals surface area (Å²) >= 11 is -3.06. The van der Waals surface area contributed by atoms with Crippen molar-refractivity contribution in [3.8, 4) is 0 Å². The van der Waals surface area contributed by atoms with E-state index in [1.807, 2.05) is 0 Å². The van der Waals surface area contributed by atoms with Gasteiger partial charge in [0.05, 0.1) is 62.6 Å². The summed E-state index contributed by atoms with van der Waals surface area (Å²) in [5.74, 6) is 0. The predicted octanol–water partition coefficient (Wildman–Crippen LogP) is -0.0265. The highest BCUT2D eigenvalue weighted by Gasteiger charge is 1.67. The number of hydrogen-bond donors (Lipinski definition) is 0. The lowest BCUT2D eigenvalue weighted by atomic mass is 11.9. The van der Waals surface area contributed by atoms with Crippen LogP contribution >= 0.6 is 0 Å². The minimum atomic E-state index is -0.611. The summed E-state index contributed by atoms with van der Waals surface area (Å²) < 4.78 is 47.8. The minimum absolute atomic E-state index is 0.611. The normalized spacial score (nSPS) is 9.00. The van der Waals surface area contributed by atoms with E-state index in [1.165, 1.54) is 0 Å². The molecule has 0 N–H and O–H groups in total. The van der Waals surface area contributed by atoms with E-state index in [4.69, 9.17) is 0 Å². The Bertz CT molecular complexity index is 88.6. The summed E-state index contributed by atoms with van der Waals surface area (Å²) in [7, 11) is 0. The Labute approximate surface area is 141 Å². The van der Waals surface area contributed by atoms with E-state index in [-0.39, 0.29) is 0 Å². The van der Waals surface area contributed by atoms with Crippen LogP contribution in [0.1, 0.15) is 0 Å². The largest absolute Gasteiger partial charge is 0.617 e. The van der Waals surface area contributed by atoms with E-state index in [9.17, 15) is 22.8 Å². The van der Waals surface area contributed by atoms with Crippen molar-refractivity contribution in [1.82, 2.24) is 0 Å². The zero-order valence-corrected chi connectivity index (χ0v) is 18.2. The highest BCUT2D eigenvalue weighted by molar-refractivity contribution is 7.90. The van der Waals surface area contributed by atoms with Crippen LogP contribution in [0.2, 0.25) is 0 Å². The van der Waals surface area contributed by atoms with Crippen molar-refractivity contribution in [2.24, 2.45) is 0 Å². The van der Waals surface area contributed by atoms with E-state index >= 15 is 0 Å². The first kappa shape index (κ1) is 33.2. The van der Waals surface area contributed by atoms with Crippen LogP contribution in [0.3, 0.4) is 0 Å². The Balaban J connectivity index is -0.0000000469. The maximum absolute atomic E-state index is 9.56. The van der Waals surface area contributed by atoms with Gasteiger partial charge in [-0.3, -0.25) is 0 Å². The fourth-order valence-electron chi connectivity index (χ4n) is 0. The van der Waals surface area contributed by atoms with E-state index in [1.54, 1.807) is 62.6 Å². The van der Waals surface area contributed by atoms with Gasteiger partial charge in [-0.15, -0.1) is 0 Å². The molecule has 0 saturated heterocycles. The number of rotatable bonds is 0. The fraction of sp³-hybridized carbons (Fsp3) is 1.00. The van der Waals surface area contributed by atoms with Crippen molar-refractivity contribution in [3.05, 3.63) is 0 Å². The third-order valence-electron chi connectivity index (χ3n) is 0. The Morgan fingerprint density at radius 3 is 0.300 bits per heavy atom. The van der Waals surface area contributed by atoms with Gasteiger partial charge in [-0.25, -0.2) is 0 Å². The molecule has 0 fully saturated rings. The molecule has 5 nitrogen and oxygen atoms in total. The average Bonchev–Trinajstić information content (AvgIpc) is 1.94. The standard InChI is InChI=1S/5C2H6OS/c5*1-4(2)3/h5*1-2H3. The van der Waals surface area contributed by atoms with Crippen LogP contribution in [-0.2, 0) is 55.9 Å². The van der Waals surface area contributed by atoms with Gasteiger partial charge in [0.1, 0.15) is 0 Å². The number of hydrogen-bond acceptors (Lipinski definition) is 5. The van der Waals surface area contributed by atoms with Gasteiger partial charge in [0, 0.05) is 0 Å². The summed E-state index contributed by atoms with van der Waals surface area (Å²) in [5, 5.41) is 0. The molecule has 0 heterocycles. The van der Waals surface area contributed by atoms with Crippen molar-refractivity contribution in [1.29, 1.82) is 0 Å². The zero-order chi connectivity index (χ0) is 17.9. The Kier molecular flexibility index (Phi) is 47.6. The minimum Gasteiger partial charge on any atom is -0.617 e. The third kappa shape index (κ3) is 2800. The summed E-state index contributed by atoms with van der Waals surface area (Å²) in [6.07, 6.45) is 16.4. The summed E-state index contributed by atoms with van der Waals surface area (Å²) in [6, 6.07) is 0. The molecule has 10 heteroatoms. The first-order valence-corrected chi connectivity index (χ1v) is 14.7. The summed E-state index contributed by atoms with van der Waals surface area (Å²) in [5.41, 5.74) is 0. The van der Waals surface area contributed by atoms with Crippen LogP contribution in [0.4, 0.5) is 0 Å². The van der Waals surface area contributed by atoms with Crippen LogP contribution in [-0.4, -0.2) is 85.3 Å². The summed E-state index contributed by atoms with van der Waals surface area (Å²) in [6.45, 7) is 0. The first-order valence-electron chi connectivity index (χ1n) is 4.92. The lowest BCUT2D eigenvalue weighted by Gasteiger charge is -1.87. The Morgan fingerprint density at radius 1 is 0.300 bits per heavy atom. The van der Waals surface area contributed by atoms with Crippen LogP contribution in [0.25, 0.3) is 0 Å². The van der Waals surface area contributed by atoms with Gasteiger partial charge in [-0.2, -0.15) is 0 Å². The molecule has 130 valence electrons. The molecule has 0 unspecified atom stereocenters. The second kappa shape index (κ2) is 28.7. The maximum Gasteiger partial charge on any atom is 0.0946 e. The first-order chi connectivity index (χ1) is 8.66. The molecule has 0 aliphatic heterocycles. The molecule has 0 aromatic rings. The second-order valence-corrected chi connectivity index (χ2v) is 11.1. The van der Waals surface area contributed by atoms with Gasteiger partial charge in [-0.1, -0.05) is 55.9 Å². The van der Waals surface area contributed by atoms with E-state index in [0.717, 1.165) is 0 Å². The quantitative estimate of drug-likeness (QED) is 0.539. The molecular formula is C10H30O5S5. The maximum atomic E-state index is 9.56. The second-order valence-electron chi connectivity index (χ2n) is 3.71. The Hall–Kier alpha value is 1.55. The van der Waals surface area contributed by atoms with Crippen molar-refractivity contribution >= 4 is 55.9 Å². The highest BCUT2D eigenvalue weighted by atomic mass is 32.2. The van der Waals surface area contributed by atoms with Crippen molar-refractivity contribution in [3.63, 3.8) is 0 Å². The molecule has 0 amide bonds. The van der Waals surface area contributed by atoms with Crippen LogP contribution in [0.15, 0.2) is 0 Å². The molecule has 0 spiro atoms. The topological polar surface area (TPSA) is 115 Å². The van der Waals surface area contributed by atoms with Gasteiger partial charge in [0.15, 0.2) is 0 Å². The van der Waals surface area contributed by atoms with Crippen molar-refractivity contribution < 1.29 is 22.8 Å². The van der Waals surface area contributed by atoms with Crippen LogP contribution in [0, 0.1) is 0 Å². The van der Waals surface area contributed by atoms with E-state index < -0.39 is 55.9 Å². The van der Waals surface area contributed by atoms with Gasteiger partial charge < -0.3 is 22.8 Å². The van der Waals surface area contributed by atoms with Gasteiger partial charge in [0.2, 0.25) is 0 Å². The van der Waals surface area contributed by atoms with E-state index in [0.29, 0.717) is 0 Å². The molecule has 0 rings (SSSR count). The van der Waals surface area contributed by atoms with Crippen molar-refractivity contribution in [2.75, 3.05) is 62.6 Å². The highest BCUT2D eigenvalue weighted by Crippen LogP contribution is 1.63.